The van der Waals surface area contributed by atoms with Crippen molar-refractivity contribution >= 4 is 49.6 Å². The summed E-state index contributed by atoms with van der Waals surface area (Å²) in [7, 11) is 0. The molecule has 2 nitrogen and oxygen atoms in total. The van der Waals surface area contributed by atoms with E-state index in [1.165, 1.54) is 104 Å². The highest BCUT2D eigenvalue weighted by Crippen LogP contribution is 2.61. The average Bonchev–Trinajstić information content (AvgIpc) is 3.69. The number of nitrogens with zero attached hydrogens (tertiary/aromatic N) is 2. The molecular weight excluding hydrogens is 773 g/mol. The molecule has 4 bridgehead atoms. The van der Waals surface area contributed by atoms with Crippen molar-refractivity contribution in [2.75, 3.05) is 4.90 Å². The first kappa shape index (κ1) is 37.4. The van der Waals surface area contributed by atoms with Gasteiger partial charge in [0.25, 0.3) is 0 Å². The number of anilines is 3. The Morgan fingerprint density at radius 3 is 1.52 bits per heavy atom. The van der Waals surface area contributed by atoms with Crippen molar-refractivity contribution in [1.29, 1.82) is 0 Å². The maximum Gasteiger partial charge on any atom is 0.0562 e. The number of para-hydroxylation sites is 2. The molecule has 0 saturated heterocycles. The van der Waals surface area contributed by atoms with Crippen LogP contribution in [-0.4, -0.2) is 4.57 Å². The maximum atomic E-state index is 2.48. The molecule has 64 heavy (non-hydrogen) atoms. The van der Waals surface area contributed by atoms with Crippen molar-refractivity contribution in [2.45, 2.75) is 43.9 Å². The maximum absolute atomic E-state index is 2.48. The van der Waals surface area contributed by atoms with E-state index in [0.717, 1.165) is 40.5 Å². The van der Waals surface area contributed by atoms with Crippen LogP contribution in [0.5, 0.6) is 0 Å². The van der Waals surface area contributed by atoms with Crippen LogP contribution in [0.4, 0.5) is 17.1 Å². The Labute approximate surface area is 376 Å². The highest BCUT2D eigenvalue weighted by Gasteiger charge is 2.51. The molecule has 0 atom stereocenters. The number of aromatic nitrogens is 1. The molecule has 4 aliphatic carbocycles. The summed E-state index contributed by atoms with van der Waals surface area (Å²) in [4.78, 5) is 2.46. The van der Waals surface area contributed by atoms with Gasteiger partial charge in [0.15, 0.2) is 0 Å². The van der Waals surface area contributed by atoms with Gasteiger partial charge in [-0.15, -0.1) is 0 Å². The van der Waals surface area contributed by atoms with E-state index in [1.54, 1.807) is 5.56 Å². The topological polar surface area (TPSA) is 8.17 Å². The van der Waals surface area contributed by atoms with Gasteiger partial charge in [0.05, 0.1) is 16.7 Å². The third-order valence-electron chi connectivity index (χ3n) is 15.4. The summed E-state index contributed by atoms with van der Waals surface area (Å²) >= 11 is 0. The molecule has 0 radical (unpaired) electrons. The zero-order chi connectivity index (χ0) is 42.2. The fourth-order valence-electron chi connectivity index (χ4n) is 13.0. The van der Waals surface area contributed by atoms with Crippen molar-refractivity contribution in [3.63, 3.8) is 0 Å². The first-order valence-corrected chi connectivity index (χ1v) is 23.4. The van der Waals surface area contributed by atoms with E-state index in [9.17, 15) is 0 Å². The Bertz CT molecular complexity index is 3280. The second-order valence-corrected chi connectivity index (χ2v) is 19.1. The van der Waals surface area contributed by atoms with Crippen molar-refractivity contribution in [2.24, 2.45) is 17.8 Å². The highest BCUT2D eigenvalue weighted by molar-refractivity contribution is 6.16. The lowest BCUT2D eigenvalue weighted by molar-refractivity contribution is -0.00518. The first-order valence-electron chi connectivity index (χ1n) is 23.4. The van der Waals surface area contributed by atoms with Crippen LogP contribution >= 0.6 is 0 Å². The third kappa shape index (κ3) is 6.14. The van der Waals surface area contributed by atoms with Crippen molar-refractivity contribution in [1.82, 2.24) is 4.57 Å². The van der Waals surface area contributed by atoms with Gasteiger partial charge in [-0.1, -0.05) is 158 Å². The molecule has 1 heterocycles. The molecule has 4 fully saturated rings. The first-order chi connectivity index (χ1) is 31.7. The quantitative estimate of drug-likeness (QED) is 0.148. The van der Waals surface area contributed by atoms with Gasteiger partial charge in [-0.3, -0.25) is 0 Å². The van der Waals surface area contributed by atoms with Crippen LogP contribution in [0.2, 0.25) is 0 Å². The Hall–Kier alpha value is -7.16. The number of rotatable bonds is 8. The number of benzene rings is 9. The summed E-state index contributed by atoms with van der Waals surface area (Å²) in [6.07, 6.45) is 8.64. The number of hydrogen-bond donors (Lipinski definition) is 0. The molecule has 1 aromatic heterocycles. The van der Waals surface area contributed by atoms with Crippen molar-refractivity contribution < 1.29 is 0 Å². The van der Waals surface area contributed by atoms with E-state index in [4.69, 9.17) is 0 Å². The summed E-state index contributed by atoms with van der Waals surface area (Å²) < 4.78 is 2.41. The van der Waals surface area contributed by atoms with Gasteiger partial charge in [-0.2, -0.15) is 0 Å². The summed E-state index contributed by atoms with van der Waals surface area (Å²) in [5.41, 5.74) is 16.4. The minimum Gasteiger partial charge on any atom is -0.310 e. The second-order valence-electron chi connectivity index (χ2n) is 19.1. The van der Waals surface area contributed by atoms with Crippen LogP contribution < -0.4 is 4.90 Å². The molecule has 0 unspecified atom stereocenters. The third-order valence-corrected chi connectivity index (χ3v) is 15.4. The summed E-state index contributed by atoms with van der Waals surface area (Å²) in [5, 5.41) is 4.99. The van der Waals surface area contributed by atoms with E-state index in [1.807, 2.05) is 0 Å². The minimum absolute atomic E-state index is 0.412. The van der Waals surface area contributed by atoms with Crippen LogP contribution in [0, 0.1) is 17.8 Å². The molecule has 0 aliphatic heterocycles. The van der Waals surface area contributed by atoms with Gasteiger partial charge in [0, 0.05) is 27.8 Å². The highest BCUT2D eigenvalue weighted by atomic mass is 15.1. The van der Waals surface area contributed by atoms with Gasteiger partial charge < -0.3 is 9.47 Å². The molecule has 0 spiro atoms. The normalized spacial score (nSPS) is 20.0. The Morgan fingerprint density at radius 2 is 0.891 bits per heavy atom. The molecule has 9 aromatic carbocycles. The molecule has 308 valence electrons. The average molecular weight is 823 g/mol. The lowest BCUT2D eigenvalue weighted by Crippen LogP contribution is -2.48. The fraction of sp³-hybridized carbons (Fsp3) is 0.161. The zero-order valence-corrected chi connectivity index (χ0v) is 36.1. The molecule has 4 saturated carbocycles. The lowest BCUT2D eigenvalue weighted by atomic mass is 9.48. The van der Waals surface area contributed by atoms with Crippen LogP contribution in [0.1, 0.15) is 44.1 Å². The SMILES string of the molecule is c1ccc(-c2cccc3cccc(-c4ccc(N(c5ccc(-c6ccc(C78CC9CC(CC(C9)C7)C8)cc6)cc5)c5cccc6c5c5ccccc5n6-c5ccccc5)cc4)c23)cc1. The minimum atomic E-state index is 0.412. The van der Waals surface area contributed by atoms with Crippen LogP contribution in [0.25, 0.3) is 71.6 Å². The Balaban J connectivity index is 0.929. The molecule has 2 heteroatoms. The number of hydrogen-bond acceptors (Lipinski definition) is 1. The van der Waals surface area contributed by atoms with E-state index >= 15 is 0 Å². The molecule has 4 aliphatic rings. The van der Waals surface area contributed by atoms with Gasteiger partial charge in [0.1, 0.15) is 0 Å². The summed E-state index contributed by atoms with van der Waals surface area (Å²) in [6.45, 7) is 0. The van der Waals surface area contributed by atoms with Crippen LogP contribution in [-0.2, 0) is 5.41 Å². The van der Waals surface area contributed by atoms with Crippen molar-refractivity contribution in [3.8, 4) is 39.1 Å². The number of fused-ring (bicyclic) bond motifs is 4. The zero-order valence-electron chi connectivity index (χ0n) is 36.1. The van der Waals surface area contributed by atoms with Gasteiger partial charge >= 0.3 is 0 Å². The standard InChI is InChI=1S/C62H50N2/c1-3-12-47(13-4-1)54-19-9-14-49-15-10-20-55(60(49)54)48-28-34-53(35-29-48)63(58-22-11-23-59-61(58)56-18-7-8-21-57(56)64(59)51-16-5-2-6-17-51)52-32-26-46(27-33-52)45-24-30-50(31-25-45)62-39-42-36-43(40-62)38-44(37-42)41-62/h1-35,42-44H,36-41H2. The van der Waals surface area contributed by atoms with Crippen molar-refractivity contribution in [3.05, 3.63) is 218 Å². The molecular formula is C62H50N2. The van der Waals surface area contributed by atoms with Crippen LogP contribution in [0.3, 0.4) is 0 Å². The van der Waals surface area contributed by atoms with E-state index in [0.29, 0.717) is 5.41 Å². The van der Waals surface area contributed by atoms with E-state index in [-0.39, 0.29) is 0 Å². The molecule has 10 aromatic rings. The monoisotopic (exact) mass is 822 g/mol. The van der Waals surface area contributed by atoms with Gasteiger partial charge in [0.2, 0.25) is 0 Å². The Kier molecular flexibility index (Phi) is 8.76. The van der Waals surface area contributed by atoms with Crippen LogP contribution in [0.15, 0.2) is 212 Å². The fourth-order valence-corrected chi connectivity index (χ4v) is 13.0. The van der Waals surface area contributed by atoms with E-state index in [2.05, 4.69) is 222 Å². The largest absolute Gasteiger partial charge is 0.310 e. The Morgan fingerprint density at radius 1 is 0.391 bits per heavy atom. The molecule has 14 rings (SSSR count). The summed E-state index contributed by atoms with van der Waals surface area (Å²) in [5.74, 6) is 2.84. The lowest BCUT2D eigenvalue weighted by Gasteiger charge is -2.57. The second kappa shape index (κ2) is 15.0. The predicted molar refractivity (Wildman–Crippen MR) is 269 cm³/mol. The smallest absolute Gasteiger partial charge is 0.0562 e. The predicted octanol–water partition coefficient (Wildman–Crippen LogP) is 16.9. The van der Waals surface area contributed by atoms with Gasteiger partial charge in [-0.05, 0) is 166 Å². The summed E-state index contributed by atoms with van der Waals surface area (Å²) in [6, 6.07) is 78.8. The molecule has 0 N–H and O–H groups in total. The van der Waals surface area contributed by atoms with E-state index < -0.39 is 0 Å². The van der Waals surface area contributed by atoms with Gasteiger partial charge in [-0.25, -0.2) is 0 Å². The molecule has 0 amide bonds.